The number of benzene rings is 1. The van der Waals surface area contributed by atoms with Crippen LogP contribution in [0.2, 0.25) is 0 Å². The number of nitrogens with one attached hydrogen (secondary N) is 1. The van der Waals surface area contributed by atoms with Gasteiger partial charge in [0.2, 0.25) is 5.91 Å². The first-order chi connectivity index (χ1) is 12.6. The van der Waals surface area contributed by atoms with Gasteiger partial charge < -0.3 is 10.1 Å². The van der Waals surface area contributed by atoms with E-state index in [1.807, 2.05) is 24.3 Å². The van der Waals surface area contributed by atoms with Crippen molar-refractivity contribution < 1.29 is 14.3 Å². The highest BCUT2D eigenvalue weighted by Crippen LogP contribution is 2.32. The Bertz CT molecular complexity index is 848. The molecule has 1 N–H and O–H groups in total. The van der Waals surface area contributed by atoms with E-state index >= 15 is 0 Å². The molecule has 0 bridgehead atoms. The molecule has 1 aromatic carbocycles. The lowest BCUT2D eigenvalue weighted by Gasteiger charge is -2.13. The number of thiocarbonyl (C=S) groups is 1. The molecule has 0 unspecified atom stereocenters. The third-order valence-electron chi connectivity index (χ3n) is 3.53. The molecule has 26 heavy (non-hydrogen) atoms. The number of hydrogen-bond acceptors (Lipinski definition) is 7. The zero-order valence-electron chi connectivity index (χ0n) is 13.8. The van der Waals surface area contributed by atoms with Crippen LogP contribution in [-0.2, 0) is 9.59 Å². The Balaban J connectivity index is 1.60. The lowest BCUT2D eigenvalue weighted by Crippen LogP contribution is -2.31. The molecule has 2 amide bonds. The van der Waals surface area contributed by atoms with E-state index in [1.54, 1.807) is 24.8 Å². The lowest BCUT2D eigenvalue weighted by atomic mass is 10.2. The molecule has 134 valence electrons. The maximum absolute atomic E-state index is 12.6. The van der Waals surface area contributed by atoms with Crippen molar-refractivity contribution in [1.82, 2.24) is 9.88 Å². The smallest absolute Gasteiger partial charge is 0.266 e. The molecule has 0 spiro atoms. The number of methoxy groups -OCH3 is 1. The van der Waals surface area contributed by atoms with Gasteiger partial charge in [-0.25, -0.2) is 4.98 Å². The molecule has 1 aliphatic heterocycles. The summed E-state index contributed by atoms with van der Waals surface area (Å²) >= 11 is 7.87. The molecule has 3 rings (SSSR count). The largest absolute Gasteiger partial charge is 0.497 e. The maximum atomic E-state index is 12.6. The molecule has 2 aromatic rings. The van der Waals surface area contributed by atoms with Gasteiger partial charge in [-0.05, 0) is 23.8 Å². The first-order valence-electron chi connectivity index (χ1n) is 7.65. The van der Waals surface area contributed by atoms with Gasteiger partial charge in [-0.15, -0.1) is 11.3 Å². The van der Waals surface area contributed by atoms with Gasteiger partial charge in [-0.1, -0.05) is 36.1 Å². The van der Waals surface area contributed by atoms with Gasteiger partial charge in [0.1, 0.15) is 10.1 Å². The van der Waals surface area contributed by atoms with Crippen LogP contribution in [-0.4, -0.2) is 39.7 Å². The van der Waals surface area contributed by atoms with Crippen molar-refractivity contribution in [2.45, 2.75) is 6.42 Å². The normalized spacial score (nSPS) is 15.6. The van der Waals surface area contributed by atoms with E-state index in [9.17, 15) is 9.59 Å². The number of hydrogen-bond donors (Lipinski definition) is 1. The topological polar surface area (TPSA) is 71.5 Å². The molecule has 0 radical (unpaired) electrons. The lowest BCUT2D eigenvalue weighted by molar-refractivity contribution is -0.122. The summed E-state index contributed by atoms with van der Waals surface area (Å²) in [5, 5.41) is 5.01. The van der Waals surface area contributed by atoms with Crippen molar-refractivity contribution in [3.05, 3.63) is 46.3 Å². The predicted molar refractivity (Wildman–Crippen MR) is 108 cm³/mol. The van der Waals surface area contributed by atoms with Crippen molar-refractivity contribution >= 4 is 62.7 Å². The number of rotatable bonds is 6. The second-order valence-electron chi connectivity index (χ2n) is 5.24. The second-order valence-corrected chi connectivity index (χ2v) is 7.81. The van der Waals surface area contributed by atoms with E-state index in [2.05, 4.69) is 10.3 Å². The molecule has 2 heterocycles. The van der Waals surface area contributed by atoms with Crippen LogP contribution in [0.25, 0.3) is 6.08 Å². The Morgan fingerprint density at radius 3 is 2.81 bits per heavy atom. The average molecular weight is 406 g/mol. The number of thioether (sulfide) groups is 1. The van der Waals surface area contributed by atoms with Gasteiger partial charge in [0.05, 0.1) is 12.0 Å². The van der Waals surface area contributed by atoms with Gasteiger partial charge in [0.25, 0.3) is 5.91 Å². The van der Waals surface area contributed by atoms with Gasteiger partial charge in [0, 0.05) is 24.5 Å². The van der Waals surface area contributed by atoms with Crippen molar-refractivity contribution in [3.8, 4) is 5.75 Å². The molecular weight excluding hydrogens is 390 g/mol. The van der Waals surface area contributed by atoms with E-state index in [1.165, 1.54) is 28.0 Å². The summed E-state index contributed by atoms with van der Waals surface area (Å²) in [6, 6.07) is 7.39. The maximum Gasteiger partial charge on any atom is 0.266 e. The molecule has 0 atom stereocenters. The third kappa shape index (κ3) is 4.48. The molecule has 6 nitrogen and oxygen atoms in total. The van der Waals surface area contributed by atoms with Crippen LogP contribution in [0.5, 0.6) is 5.75 Å². The molecular formula is C17H15N3O3S3. The Labute approximate surface area is 164 Å². The summed E-state index contributed by atoms with van der Waals surface area (Å²) in [5.41, 5.74) is 0.882. The molecule has 1 fully saturated rings. The zero-order chi connectivity index (χ0) is 18.5. The quantitative estimate of drug-likeness (QED) is 0.587. The van der Waals surface area contributed by atoms with Crippen LogP contribution >= 0.6 is 35.3 Å². The Morgan fingerprint density at radius 2 is 2.15 bits per heavy atom. The van der Waals surface area contributed by atoms with Crippen molar-refractivity contribution in [2.75, 3.05) is 19.0 Å². The highest BCUT2D eigenvalue weighted by Gasteiger charge is 2.32. The molecule has 0 aliphatic carbocycles. The number of carbonyl (C=O) groups excluding carboxylic acids is 2. The Kier molecular flexibility index (Phi) is 6.02. The summed E-state index contributed by atoms with van der Waals surface area (Å²) in [7, 11) is 1.60. The zero-order valence-corrected chi connectivity index (χ0v) is 16.2. The van der Waals surface area contributed by atoms with Gasteiger partial charge in [0.15, 0.2) is 5.13 Å². The molecule has 9 heteroatoms. The monoisotopic (exact) mass is 405 g/mol. The van der Waals surface area contributed by atoms with Crippen molar-refractivity contribution in [1.29, 1.82) is 0 Å². The SMILES string of the molecule is COc1ccc(/C=C2/SC(=S)N(CCC(=O)Nc3nccs3)C2=O)cc1. The fraction of sp³-hybridized carbons (Fsp3) is 0.176. The minimum atomic E-state index is -0.201. The van der Waals surface area contributed by atoms with E-state index in [0.717, 1.165) is 11.3 Å². The van der Waals surface area contributed by atoms with E-state index < -0.39 is 0 Å². The van der Waals surface area contributed by atoms with E-state index in [0.29, 0.717) is 14.4 Å². The first-order valence-corrected chi connectivity index (χ1v) is 9.76. The fourth-order valence-electron chi connectivity index (χ4n) is 2.22. The molecule has 1 saturated heterocycles. The Morgan fingerprint density at radius 1 is 1.38 bits per heavy atom. The number of aromatic nitrogens is 1. The van der Waals surface area contributed by atoms with Crippen LogP contribution in [0.3, 0.4) is 0 Å². The molecule has 1 aliphatic rings. The second kappa shape index (κ2) is 8.43. The minimum Gasteiger partial charge on any atom is -0.497 e. The van der Waals surface area contributed by atoms with Gasteiger partial charge >= 0.3 is 0 Å². The van der Waals surface area contributed by atoms with E-state index in [-0.39, 0.29) is 24.8 Å². The van der Waals surface area contributed by atoms with E-state index in [4.69, 9.17) is 17.0 Å². The van der Waals surface area contributed by atoms with Crippen LogP contribution in [0.1, 0.15) is 12.0 Å². The summed E-state index contributed by atoms with van der Waals surface area (Å²) in [5.74, 6) is 0.368. The van der Waals surface area contributed by atoms with Gasteiger partial charge in [-0.2, -0.15) is 0 Å². The van der Waals surface area contributed by atoms with Crippen LogP contribution in [0, 0.1) is 0 Å². The number of carbonyl (C=O) groups is 2. The van der Waals surface area contributed by atoms with Crippen LogP contribution < -0.4 is 10.1 Å². The van der Waals surface area contributed by atoms with Crippen molar-refractivity contribution in [2.24, 2.45) is 0 Å². The minimum absolute atomic E-state index is 0.155. The van der Waals surface area contributed by atoms with Gasteiger partial charge in [-0.3, -0.25) is 14.5 Å². The number of anilines is 1. The summed E-state index contributed by atoms with van der Waals surface area (Å²) in [6.07, 6.45) is 3.56. The van der Waals surface area contributed by atoms with Crippen molar-refractivity contribution in [3.63, 3.8) is 0 Å². The Hall–Kier alpha value is -2.23. The summed E-state index contributed by atoms with van der Waals surface area (Å²) in [6.45, 7) is 0.238. The van der Waals surface area contributed by atoms with Crippen LogP contribution in [0.15, 0.2) is 40.7 Å². The number of nitrogens with zero attached hydrogens (tertiary/aromatic N) is 2. The number of thiazole rings is 1. The highest BCUT2D eigenvalue weighted by atomic mass is 32.2. The van der Waals surface area contributed by atoms with Crippen LogP contribution in [0.4, 0.5) is 5.13 Å². The standard InChI is InChI=1S/C17H15N3O3S3/c1-23-12-4-2-11(3-5-12)10-13-15(22)20(17(24)26-13)8-6-14(21)19-16-18-7-9-25-16/h2-5,7,9-10H,6,8H2,1H3,(H,18,19,21)/b13-10+. The first kappa shape index (κ1) is 18.6. The predicted octanol–water partition coefficient (Wildman–Crippen LogP) is 3.38. The summed E-state index contributed by atoms with van der Waals surface area (Å²) < 4.78 is 5.58. The molecule has 1 aromatic heterocycles. The molecule has 0 saturated carbocycles. The fourth-order valence-corrected chi connectivity index (χ4v) is 4.08. The average Bonchev–Trinajstić information content (AvgIpc) is 3.23. The third-order valence-corrected chi connectivity index (χ3v) is 5.59. The number of amides is 2. The summed E-state index contributed by atoms with van der Waals surface area (Å²) in [4.78, 5) is 30.5. The highest BCUT2D eigenvalue weighted by molar-refractivity contribution is 8.26. The number of ether oxygens (including phenoxy) is 1.